The molecule has 0 fully saturated rings. The monoisotopic (exact) mass is 289 g/mol. The van der Waals surface area contributed by atoms with Crippen LogP contribution >= 0.6 is 0 Å². The molecule has 1 heterocycles. The summed E-state index contributed by atoms with van der Waals surface area (Å²) < 4.78 is 5.36. The first-order valence-electron chi connectivity index (χ1n) is 6.75. The molecule has 6 nitrogen and oxygen atoms in total. The van der Waals surface area contributed by atoms with Crippen LogP contribution in [0.25, 0.3) is 0 Å². The number of ether oxygens (including phenoxy) is 1. The van der Waals surface area contributed by atoms with Crippen LogP contribution < -0.4 is 15.5 Å². The van der Waals surface area contributed by atoms with Gasteiger partial charge in [0.05, 0.1) is 7.11 Å². The fourth-order valence-electron chi connectivity index (χ4n) is 2.33. The van der Waals surface area contributed by atoms with Gasteiger partial charge in [-0.3, -0.25) is 9.59 Å². The molecule has 2 amide bonds. The van der Waals surface area contributed by atoms with Crippen molar-refractivity contribution >= 4 is 23.2 Å². The number of aryl methyl sites for hydroxylation is 1. The van der Waals surface area contributed by atoms with E-state index in [2.05, 4.69) is 15.8 Å². The number of nitrogens with zero attached hydrogens (tertiary/aromatic N) is 1. The summed E-state index contributed by atoms with van der Waals surface area (Å²) in [4.78, 5) is 23.2. The number of carbonyl (C=O) groups is 2. The molecule has 0 atom stereocenters. The molecule has 1 aromatic rings. The van der Waals surface area contributed by atoms with E-state index in [0.717, 1.165) is 28.1 Å². The van der Waals surface area contributed by atoms with Crippen LogP contribution in [-0.4, -0.2) is 24.6 Å². The summed E-state index contributed by atoms with van der Waals surface area (Å²) in [7, 11) is 1.63. The SMILES string of the molecule is COc1c(C)cc(NC(=O)C2=NNC(=O)CC2)c(C)c1C. The van der Waals surface area contributed by atoms with Crippen molar-refractivity contribution < 1.29 is 14.3 Å². The van der Waals surface area contributed by atoms with Gasteiger partial charge in [0.2, 0.25) is 5.91 Å². The highest BCUT2D eigenvalue weighted by molar-refractivity contribution is 6.43. The molecule has 2 N–H and O–H groups in total. The molecule has 0 unspecified atom stereocenters. The van der Waals surface area contributed by atoms with Crippen LogP contribution in [0.4, 0.5) is 5.69 Å². The number of hydrogen-bond donors (Lipinski definition) is 2. The summed E-state index contributed by atoms with van der Waals surface area (Å²) in [6.45, 7) is 5.81. The highest BCUT2D eigenvalue weighted by Crippen LogP contribution is 2.31. The molecular weight excluding hydrogens is 270 g/mol. The van der Waals surface area contributed by atoms with E-state index >= 15 is 0 Å². The molecule has 0 aliphatic carbocycles. The van der Waals surface area contributed by atoms with Crippen LogP contribution in [-0.2, 0) is 9.59 Å². The van der Waals surface area contributed by atoms with Crippen molar-refractivity contribution in [2.75, 3.05) is 12.4 Å². The summed E-state index contributed by atoms with van der Waals surface area (Å²) in [6.07, 6.45) is 0.636. The lowest BCUT2D eigenvalue weighted by Crippen LogP contribution is -2.33. The van der Waals surface area contributed by atoms with Gasteiger partial charge in [0, 0.05) is 18.5 Å². The highest BCUT2D eigenvalue weighted by atomic mass is 16.5. The van der Waals surface area contributed by atoms with Crippen molar-refractivity contribution in [3.05, 3.63) is 22.8 Å². The van der Waals surface area contributed by atoms with Gasteiger partial charge >= 0.3 is 0 Å². The number of hydrogen-bond acceptors (Lipinski definition) is 4. The Morgan fingerprint density at radius 3 is 2.57 bits per heavy atom. The van der Waals surface area contributed by atoms with E-state index in [1.165, 1.54) is 0 Å². The number of methoxy groups -OCH3 is 1. The Hall–Kier alpha value is -2.37. The van der Waals surface area contributed by atoms with E-state index < -0.39 is 0 Å². The minimum Gasteiger partial charge on any atom is -0.496 e. The predicted molar refractivity (Wildman–Crippen MR) is 80.6 cm³/mol. The van der Waals surface area contributed by atoms with Crippen molar-refractivity contribution in [3.8, 4) is 5.75 Å². The smallest absolute Gasteiger partial charge is 0.271 e. The van der Waals surface area contributed by atoms with Gasteiger partial charge in [0.1, 0.15) is 11.5 Å². The molecule has 1 aromatic carbocycles. The van der Waals surface area contributed by atoms with Gasteiger partial charge in [-0.15, -0.1) is 0 Å². The van der Waals surface area contributed by atoms with E-state index in [1.54, 1.807) is 7.11 Å². The second-order valence-corrected chi connectivity index (χ2v) is 5.07. The molecule has 0 aromatic heterocycles. The Kier molecular flexibility index (Phi) is 4.26. The second-order valence-electron chi connectivity index (χ2n) is 5.07. The first-order chi connectivity index (χ1) is 9.93. The average Bonchev–Trinajstić information content (AvgIpc) is 2.45. The van der Waals surface area contributed by atoms with E-state index in [4.69, 9.17) is 4.74 Å². The standard InChI is InChI=1S/C15H19N3O3/c1-8-7-12(9(2)10(3)14(8)21-4)16-15(20)11-5-6-13(19)18-17-11/h7H,5-6H2,1-4H3,(H,16,20)(H,18,19). The van der Waals surface area contributed by atoms with Crippen molar-refractivity contribution in [2.45, 2.75) is 33.6 Å². The Morgan fingerprint density at radius 1 is 1.29 bits per heavy atom. The molecule has 1 aliphatic rings. The zero-order chi connectivity index (χ0) is 15.6. The largest absolute Gasteiger partial charge is 0.496 e. The Morgan fingerprint density at radius 2 is 2.00 bits per heavy atom. The maximum Gasteiger partial charge on any atom is 0.271 e. The van der Waals surface area contributed by atoms with E-state index in [-0.39, 0.29) is 18.2 Å². The fraction of sp³-hybridized carbons (Fsp3) is 0.400. The minimum absolute atomic E-state index is 0.168. The summed E-state index contributed by atoms with van der Waals surface area (Å²) in [5.41, 5.74) is 6.28. The normalized spacial score (nSPS) is 14.3. The average molecular weight is 289 g/mol. The molecule has 0 spiro atoms. The zero-order valence-electron chi connectivity index (χ0n) is 12.7. The van der Waals surface area contributed by atoms with Crippen LogP contribution in [0.1, 0.15) is 29.5 Å². The van der Waals surface area contributed by atoms with Crippen molar-refractivity contribution in [1.82, 2.24) is 5.43 Å². The third-order valence-corrected chi connectivity index (χ3v) is 3.64. The van der Waals surface area contributed by atoms with Crippen LogP contribution in [0.3, 0.4) is 0 Å². The van der Waals surface area contributed by atoms with Gasteiger partial charge in [-0.1, -0.05) is 0 Å². The van der Waals surface area contributed by atoms with E-state index in [9.17, 15) is 9.59 Å². The first kappa shape index (κ1) is 15.0. The van der Waals surface area contributed by atoms with Gasteiger partial charge in [0.15, 0.2) is 0 Å². The molecular formula is C15H19N3O3. The van der Waals surface area contributed by atoms with Crippen LogP contribution in [0.2, 0.25) is 0 Å². The van der Waals surface area contributed by atoms with Gasteiger partial charge in [0.25, 0.3) is 5.91 Å². The zero-order valence-corrected chi connectivity index (χ0v) is 12.7. The maximum absolute atomic E-state index is 12.2. The fourth-order valence-corrected chi connectivity index (χ4v) is 2.33. The number of amides is 2. The molecule has 0 saturated carbocycles. The van der Waals surface area contributed by atoms with Gasteiger partial charge < -0.3 is 10.1 Å². The summed E-state index contributed by atoms with van der Waals surface area (Å²) in [5.74, 6) is 0.369. The molecule has 0 bridgehead atoms. The maximum atomic E-state index is 12.2. The molecule has 2 rings (SSSR count). The number of benzene rings is 1. The first-order valence-corrected chi connectivity index (χ1v) is 6.75. The number of anilines is 1. The van der Waals surface area contributed by atoms with E-state index in [1.807, 2.05) is 26.8 Å². The second kappa shape index (κ2) is 5.95. The molecule has 0 saturated heterocycles. The van der Waals surface area contributed by atoms with Crippen LogP contribution in [0.5, 0.6) is 5.75 Å². The number of rotatable bonds is 3. The third-order valence-electron chi connectivity index (χ3n) is 3.64. The van der Waals surface area contributed by atoms with Crippen molar-refractivity contribution in [2.24, 2.45) is 5.10 Å². The number of hydrazone groups is 1. The van der Waals surface area contributed by atoms with Crippen molar-refractivity contribution in [1.29, 1.82) is 0 Å². The molecule has 21 heavy (non-hydrogen) atoms. The van der Waals surface area contributed by atoms with Crippen molar-refractivity contribution in [3.63, 3.8) is 0 Å². The highest BCUT2D eigenvalue weighted by Gasteiger charge is 2.20. The lowest BCUT2D eigenvalue weighted by molar-refractivity contribution is -0.121. The van der Waals surface area contributed by atoms with Gasteiger partial charge in [-0.2, -0.15) is 5.10 Å². The lowest BCUT2D eigenvalue weighted by Gasteiger charge is -2.17. The molecule has 1 aliphatic heterocycles. The lowest BCUT2D eigenvalue weighted by atomic mass is 10.0. The quantitative estimate of drug-likeness (QED) is 0.890. The van der Waals surface area contributed by atoms with E-state index in [0.29, 0.717) is 12.1 Å². The van der Waals surface area contributed by atoms with Crippen LogP contribution in [0.15, 0.2) is 11.2 Å². The number of carbonyl (C=O) groups excluding carboxylic acids is 2. The van der Waals surface area contributed by atoms with Crippen LogP contribution in [0, 0.1) is 20.8 Å². The molecule has 0 radical (unpaired) electrons. The topological polar surface area (TPSA) is 79.8 Å². The number of nitrogens with one attached hydrogen (secondary N) is 2. The Labute approximate surface area is 123 Å². The third kappa shape index (κ3) is 3.04. The van der Waals surface area contributed by atoms with Gasteiger partial charge in [-0.25, -0.2) is 5.43 Å². The molecule has 112 valence electrons. The van der Waals surface area contributed by atoms with Gasteiger partial charge in [-0.05, 0) is 43.5 Å². The minimum atomic E-state index is -0.290. The summed E-state index contributed by atoms with van der Waals surface area (Å²) >= 11 is 0. The predicted octanol–water partition coefficient (Wildman–Crippen LogP) is 1.82. The molecule has 6 heteroatoms. The summed E-state index contributed by atoms with van der Waals surface area (Å²) in [6, 6.07) is 1.88. The Bertz CT molecular complexity index is 636. The Balaban J connectivity index is 2.24. The summed E-state index contributed by atoms with van der Waals surface area (Å²) in [5, 5.41) is 6.65.